The second-order valence-electron chi connectivity index (χ2n) is 7.68. The number of carbonyl (C=O) groups is 1. The van der Waals surface area contributed by atoms with Crippen molar-refractivity contribution in [2.45, 2.75) is 12.1 Å². The largest absolute Gasteiger partial charge is 0.497 e. The van der Waals surface area contributed by atoms with Crippen LogP contribution in [0.1, 0.15) is 17.2 Å². The molecule has 2 N–H and O–H groups in total. The minimum atomic E-state index is -0.0861. The highest BCUT2D eigenvalue weighted by Crippen LogP contribution is 2.30. The molecule has 7 heteroatoms. The van der Waals surface area contributed by atoms with Crippen LogP contribution >= 0.6 is 0 Å². The molecule has 0 radical (unpaired) electrons. The van der Waals surface area contributed by atoms with Gasteiger partial charge in [-0.2, -0.15) is 0 Å². The molecule has 7 nitrogen and oxygen atoms in total. The zero-order valence-electron chi connectivity index (χ0n) is 16.5. The number of methoxy groups -OCH3 is 1. The summed E-state index contributed by atoms with van der Waals surface area (Å²) in [4.78, 5) is 21.7. The zero-order chi connectivity index (χ0) is 19.8. The Bertz CT molecular complexity index is 942. The molecule has 1 fully saturated rings. The van der Waals surface area contributed by atoms with Gasteiger partial charge < -0.3 is 15.4 Å². The Hall–Kier alpha value is -2.90. The van der Waals surface area contributed by atoms with Gasteiger partial charge in [0.05, 0.1) is 25.4 Å². The Morgan fingerprint density at radius 1 is 1.17 bits per heavy atom. The van der Waals surface area contributed by atoms with Crippen molar-refractivity contribution in [1.29, 1.82) is 0 Å². The first-order chi connectivity index (χ1) is 14.2. The van der Waals surface area contributed by atoms with Crippen molar-refractivity contribution in [3.8, 4) is 5.75 Å². The number of urea groups is 1. The van der Waals surface area contributed by atoms with E-state index in [0.29, 0.717) is 6.54 Å². The van der Waals surface area contributed by atoms with Crippen molar-refractivity contribution in [2.24, 2.45) is 4.99 Å². The van der Waals surface area contributed by atoms with Gasteiger partial charge in [0.1, 0.15) is 11.6 Å². The second kappa shape index (κ2) is 7.50. The maximum absolute atomic E-state index is 12.5. The first kappa shape index (κ1) is 18.1. The SMILES string of the molecule is COc1ccc(C2CNCCN2CC2CN3C(=O)Nc4ccccc4C3=N2)cc1. The van der Waals surface area contributed by atoms with Crippen LogP contribution in [-0.4, -0.2) is 67.5 Å². The molecule has 3 aliphatic rings. The molecule has 3 heterocycles. The van der Waals surface area contributed by atoms with Crippen LogP contribution < -0.4 is 15.4 Å². The van der Waals surface area contributed by atoms with E-state index < -0.39 is 0 Å². The number of anilines is 1. The van der Waals surface area contributed by atoms with Crippen LogP contribution in [0, 0.1) is 0 Å². The summed E-state index contributed by atoms with van der Waals surface area (Å²) in [6.07, 6.45) is 0. The zero-order valence-corrected chi connectivity index (χ0v) is 16.5. The summed E-state index contributed by atoms with van der Waals surface area (Å²) in [5.74, 6) is 1.67. The highest BCUT2D eigenvalue weighted by atomic mass is 16.5. The first-order valence-corrected chi connectivity index (χ1v) is 10.1. The number of amidine groups is 1. The third-order valence-corrected chi connectivity index (χ3v) is 5.91. The fourth-order valence-electron chi connectivity index (χ4n) is 4.43. The van der Waals surface area contributed by atoms with Crippen molar-refractivity contribution in [2.75, 3.05) is 45.2 Å². The minimum Gasteiger partial charge on any atom is -0.497 e. The summed E-state index contributed by atoms with van der Waals surface area (Å²) >= 11 is 0. The van der Waals surface area contributed by atoms with Gasteiger partial charge in [0.15, 0.2) is 0 Å². The number of rotatable bonds is 4. The number of piperazine rings is 1. The molecule has 0 spiro atoms. The highest BCUT2D eigenvalue weighted by Gasteiger charge is 2.37. The van der Waals surface area contributed by atoms with Gasteiger partial charge in [0.25, 0.3) is 0 Å². The summed E-state index contributed by atoms with van der Waals surface area (Å²) in [5, 5.41) is 6.48. The van der Waals surface area contributed by atoms with Crippen molar-refractivity contribution in [1.82, 2.24) is 15.1 Å². The van der Waals surface area contributed by atoms with Gasteiger partial charge in [0, 0.05) is 37.8 Å². The Balaban J connectivity index is 1.36. The molecular formula is C22H25N5O2. The molecular weight excluding hydrogens is 366 g/mol. The minimum absolute atomic E-state index is 0.0701. The van der Waals surface area contributed by atoms with Gasteiger partial charge in [0.2, 0.25) is 0 Å². The predicted octanol–water partition coefficient (Wildman–Crippen LogP) is 2.32. The molecule has 1 saturated heterocycles. The van der Waals surface area contributed by atoms with Gasteiger partial charge in [-0.15, -0.1) is 0 Å². The van der Waals surface area contributed by atoms with E-state index in [1.165, 1.54) is 5.56 Å². The first-order valence-electron chi connectivity index (χ1n) is 10.1. The molecule has 5 rings (SSSR count). The molecule has 150 valence electrons. The van der Waals surface area contributed by atoms with E-state index in [-0.39, 0.29) is 18.1 Å². The third kappa shape index (κ3) is 3.36. The molecule has 3 aliphatic heterocycles. The standard InChI is InChI=1S/C22H25N5O2/c1-29-17-8-6-15(7-9-17)20-12-23-10-11-26(20)13-16-14-27-21(24-16)18-4-2-3-5-19(18)25-22(27)28/h2-9,16,20,23H,10-14H2,1H3,(H,25,28). The molecule has 0 bridgehead atoms. The number of amides is 2. The topological polar surface area (TPSA) is 69.2 Å². The molecule has 2 unspecified atom stereocenters. The summed E-state index contributed by atoms with van der Waals surface area (Å²) in [5.41, 5.74) is 3.11. The molecule has 0 saturated carbocycles. The third-order valence-electron chi connectivity index (χ3n) is 5.91. The number of benzene rings is 2. The molecule has 2 amide bonds. The summed E-state index contributed by atoms with van der Waals surface area (Å²) in [6.45, 7) is 4.27. The van der Waals surface area contributed by atoms with Crippen LogP contribution in [0.3, 0.4) is 0 Å². The van der Waals surface area contributed by atoms with E-state index in [0.717, 1.165) is 49.0 Å². The molecule has 0 aromatic heterocycles. The van der Waals surface area contributed by atoms with Crippen LogP contribution in [0.25, 0.3) is 0 Å². The van der Waals surface area contributed by atoms with E-state index in [9.17, 15) is 4.79 Å². The maximum Gasteiger partial charge on any atom is 0.327 e. The Kier molecular flexibility index (Phi) is 4.69. The summed E-state index contributed by atoms with van der Waals surface area (Å²) < 4.78 is 5.29. The van der Waals surface area contributed by atoms with Crippen LogP contribution in [0.4, 0.5) is 10.5 Å². The van der Waals surface area contributed by atoms with E-state index in [1.54, 1.807) is 12.0 Å². The number of fused-ring (bicyclic) bond motifs is 3. The smallest absolute Gasteiger partial charge is 0.327 e. The van der Waals surface area contributed by atoms with Crippen molar-refractivity contribution >= 4 is 17.6 Å². The van der Waals surface area contributed by atoms with Gasteiger partial charge >= 0.3 is 6.03 Å². The quantitative estimate of drug-likeness (QED) is 0.839. The number of aliphatic imine (C=N–C) groups is 1. The van der Waals surface area contributed by atoms with Crippen LogP contribution in [-0.2, 0) is 0 Å². The van der Waals surface area contributed by atoms with Gasteiger partial charge in [-0.3, -0.25) is 14.8 Å². The monoisotopic (exact) mass is 391 g/mol. The Morgan fingerprint density at radius 3 is 2.83 bits per heavy atom. The molecule has 2 atom stereocenters. The predicted molar refractivity (Wildman–Crippen MR) is 113 cm³/mol. The van der Waals surface area contributed by atoms with Gasteiger partial charge in [-0.25, -0.2) is 4.79 Å². The summed E-state index contributed by atoms with van der Waals surface area (Å²) in [7, 11) is 1.69. The second-order valence-corrected chi connectivity index (χ2v) is 7.68. The number of para-hydroxylation sites is 1. The van der Waals surface area contributed by atoms with E-state index in [2.05, 4.69) is 27.7 Å². The lowest BCUT2D eigenvalue weighted by Crippen LogP contribution is -2.49. The lowest BCUT2D eigenvalue weighted by molar-refractivity contribution is 0.151. The lowest BCUT2D eigenvalue weighted by atomic mass is 10.0. The van der Waals surface area contributed by atoms with E-state index in [1.807, 2.05) is 36.4 Å². The number of carbonyl (C=O) groups excluding carboxylic acids is 1. The summed E-state index contributed by atoms with van der Waals surface area (Å²) in [6, 6.07) is 16.4. The van der Waals surface area contributed by atoms with Crippen LogP contribution in [0.2, 0.25) is 0 Å². The number of hydrogen-bond acceptors (Lipinski definition) is 5. The van der Waals surface area contributed by atoms with Crippen LogP contribution in [0.5, 0.6) is 5.75 Å². The number of nitrogens with zero attached hydrogens (tertiary/aromatic N) is 3. The van der Waals surface area contributed by atoms with Crippen molar-refractivity contribution < 1.29 is 9.53 Å². The van der Waals surface area contributed by atoms with E-state index >= 15 is 0 Å². The van der Waals surface area contributed by atoms with E-state index in [4.69, 9.17) is 9.73 Å². The fourth-order valence-corrected chi connectivity index (χ4v) is 4.43. The molecule has 0 aliphatic carbocycles. The molecule has 2 aromatic carbocycles. The highest BCUT2D eigenvalue weighted by molar-refractivity contribution is 6.19. The Labute approximate surface area is 170 Å². The van der Waals surface area contributed by atoms with Gasteiger partial charge in [-0.05, 0) is 29.8 Å². The lowest BCUT2D eigenvalue weighted by Gasteiger charge is -2.37. The average molecular weight is 391 g/mol. The molecule has 29 heavy (non-hydrogen) atoms. The van der Waals surface area contributed by atoms with Gasteiger partial charge in [-0.1, -0.05) is 24.3 Å². The fraction of sp³-hybridized carbons (Fsp3) is 0.364. The average Bonchev–Trinajstić information content (AvgIpc) is 3.19. The normalized spacial score (nSPS) is 23.8. The number of nitrogens with one attached hydrogen (secondary N) is 2. The maximum atomic E-state index is 12.5. The van der Waals surface area contributed by atoms with Crippen LogP contribution in [0.15, 0.2) is 53.5 Å². The number of ether oxygens (including phenoxy) is 1. The molecule has 2 aromatic rings. The number of hydrogen-bond donors (Lipinski definition) is 2. The Morgan fingerprint density at radius 2 is 2.00 bits per heavy atom. The van der Waals surface area contributed by atoms with Crippen molar-refractivity contribution in [3.63, 3.8) is 0 Å². The van der Waals surface area contributed by atoms with Crippen molar-refractivity contribution in [3.05, 3.63) is 59.7 Å².